The van der Waals surface area contributed by atoms with Crippen molar-refractivity contribution in [2.45, 2.75) is 11.8 Å². The Morgan fingerprint density at radius 1 is 1.23 bits per heavy atom. The quantitative estimate of drug-likeness (QED) is 0.675. The molecule has 0 radical (unpaired) electrons. The molecule has 0 aliphatic carbocycles. The van der Waals surface area contributed by atoms with Gasteiger partial charge >= 0.3 is 0 Å². The Morgan fingerprint density at radius 3 is 2.62 bits per heavy atom. The summed E-state index contributed by atoms with van der Waals surface area (Å²) in [5, 5.41) is 4.08. The van der Waals surface area contributed by atoms with Crippen molar-refractivity contribution in [2.75, 3.05) is 18.7 Å². The first-order chi connectivity index (χ1) is 12.3. The number of thiazole rings is 1. The SMILES string of the molecule is COc1ccc(Nc2nc(C)c(-c3ccc(Cl)c(S(C)(=O)=O)c3)s2)cn1. The molecule has 0 atom stereocenters. The van der Waals surface area contributed by atoms with Gasteiger partial charge in [0.1, 0.15) is 0 Å². The third-order valence-corrected chi connectivity index (χ3v) is 6.29. The van der Waals surface area contributed by atoms with E-state index in [1.54, 1.807) is 37.6 Å². The van der Waals surface area contributed by atoms with Gasteiger partial charge in [0.25, 0.3) is 0 Å². The van der Waals surface area contributed by atoms with Crippen LogP contribution >= 0.6 is 22.9 Å². The summed E-state index contributed by atoms with van der Waals surface area (Å²) in [5.74, 6) is 0.529. The maximum absolute atomic E-state index is 11.9. The average molecular weight is 410 g/mol. The molecule has 3 aromatic rings. The first-order valence-corrected chi connectivity index (χ1v) is 10.6. The van der Waals surface area contributed by atoms with Crippen LogP contribution in [0.4, 0.5) is 10.8 Å². The molecule has 0 aliphatic heterocycles. The lowest BCUT2D eigenvalue weighted by Crippen LogP contribution is -1.98. The van der Waals surface area contributed by atoms with E-state index in [0.29, 0.717) is 11.0 Å². The van der Waals surface area contributed by atoms with Crippen molar-refractivity contribution in [1.29, 1.82) is 0 Å². The molecule has 3 rings (SSSR count). The predicted molar refractivity (Wildman–Crippen MR) is 104 cm³/mol. The molecule has 0 unspecified atom stereocenters. The zero-order valence-corrected chi connectivity index (χ0v) is 16.7. The molecule has 0 bridgehead atoms. The number of nitrogens with zero attached hydrogens (tertiary/aromatic N) is 2. The topological polar surface area (TPSA) is 81.2 Å². The Balaban J connectivity index is 1.93. The van der Waals surface area contributed by atoms with Crippen molar-refractivity contribution in [2.24, 2.45) is 0 Å². The molecule has 26 heavy (non-hydrogen) atoms. The second kappa shape index (κ2) is 7.22. The van der Waals surface area contributed by atoms with Gasteiger partial charge in [0.2, 0.25) is 5.88 Å². The third-order valence-electron chi connectivity index (χ3n) is 3.59. The Labute approximate surface area is 160 Å². The number of hydrogen-bond donors (Lipinski definition) is 1. The van der Waals surface area contributed by atoms with E-state index in [2.05, 4.69) is 15.3 Å². The summed E-state index contributed by atoms with van der Waals surface area (Å²) in [6, 6.07) is 8.55. The third kappa shape index (κ3) is 3.98. The zero-order valence-electron chi connectivity index (χ0n) is 14.3. The lowest BCUT2D eigenvalue weighted by Gasteiger charge is -2.05. The average Bonchev–Trinajstić information content (AvgIpc) is 2.95. The van der Waals surface area contributed by atoms with Gasteiger partial charge in [-0.05, 0) is 30.7 Å². The monoisotopic (exact) mass is 409 g/mol. The highest BCUT2D eigenvalue weighted by molar-refractivity contribution is 7.90. The van der Waals surface area contributed by atoms with Gasteiger partial charge in [-0.2, -0.15) is 0 Å². The zero-order chi connectivity index (χ0) is 18.9. The van der Waals surface area contributed by atoms with Gasteiger partial charge in [-0.25, -0.2) is 18.4 Å². The highest BCUT2D eigenvalue weighted by Gasteiger charge is 2.16. The highest BCUT2D eigenvalue weighted by Crippen LogP contribution is 2.36. The Hall–Kier alpha value is -2.16. The number of rotatable bonds is 5. The lowest BCUT2D eigenvalue weighted by molar-refractivity contribution is 0.398. The van der Waals surface area contributed by atoms with Crippen LogP contribution in [0.1, 0.15) is 5.69 Å². The second-order valence-corrected chi connectivity index (χ2v) is 8.96. The van der Waals surface area contributed by atoms with Gasteiger partial charge in [-0.15, -0.1) is 0 Å². The fraction of sp³-hybridized carbons (Fsp3) is 0.176. The van der Waals surface area contributed by atoms with Gasteiger partial charge in [0, 0.05) is 12.3 Å². The number of pyridine rings is 1. The molecule has 0 spiro atoms. The van der Waals surface area contributed by atoms with Gasteiger partial charge in [-0.3, -0.25) is 0 Å². The molecule has 0 fully saturated rings. The molecule has 6 nitrogen and oxygen atoms in total. The molecule has 1 N–H and O–H groups in total. The Morgan fingerprint density at radius 2 is 2.00 bits per heavy atom. The van der Waals surface area contributed by atoms with Crippen LogP contribution in [-0.4, -0.2) is 31.8 Å². The number of aryl methyl sites for hydroxylation is 1. The van der Waals surface area contributed by atoms with Crippen LogP contribution in [0.25, 0.3) is 10.4 Å². The van der Waals surface area contributed by atoms with E-state index in [-0.39, 0.29) is 9.92 Å². The van der Waals surface area contributed by atoms with Crippen molar-refractivity contribution in [3.63, 3.8) is 0 Å². The molecule has 2 heterocycles. The van der Waals surface area contributed by atoms with Crippen molar-refractivity contribution in [3.8, 4) is 16.3 Å². The minimum absolute atomic E-state index is 0.110. The van der Waals surface area contributed by atoms with Crippen LogP contribution < -0.4 is 10.1 Å². The van der Waals surface area contributed by atoms with E-state index in [9.17, 15) is 8.42 Å². The molecular weight excluding hydrogens is 394 g/mol. The smallest absolute Gasteiger partial charge is 0.213 e. The van der Waals surface area contributed by atoms with E-state index in [0.717, 1.165) is 28.1 Å². The van der Waals surface area contributed by atoms with Crippen molar-refractivity contribution >= 4 is 43.6 Å². The van der Waals surface area contributed by atoms with Gasteiger partial charge in [0.15, 0.2) is 15.0 Å². The van der Waals surface area contributed by atoms with E-state index in [1.165, 1.54) is 11.3 Å². The molecule has 136 valence electrons. The van der Waals surface area contributed by atoms with Crippen LogP contribution in [0, 0.1) is 6.92 Å². The molecule has 9 heteroatoms. The van der Waals surface area contributed by atoms with Crippen LogP contribution in [0.3, 0.4) is 0 Å². The second-order valence-electron chi connectivity index (χ2n) is 5.57. The molecular formula is C17H16ClN3O3S2. The summed E-state index contributed by atoms with van der Waals surface area (Å²) in [6.45, 7) is 1.87. The van der Waals surface area contributed by atoms with Gasteiger partial charge in [0.05, 0.1) is 39.5 Å². The summed E-state index contributed by atoms with van der Waals surface area (Å²) < 4.78 is 28.8. The Bertz CT molecular complexity index is 1050. The highest BCUT2D eigenvalue weighted by atomic mass is 35.5. The fourth-order valence-electron chi connectivity index (χ4n) is 2.34. The summed E-state index contributed by atoms with van der Waals surface area (Å²) in [4.78, 5) is 9.63. The molecule has 0 saturated carbocycles. The molecule has 2 aromatic heterocycles. The summed E-state index contributed by atoms with van der Waals surface area (Å²) in [5.41, 5.74) is 2.32. The lowest BCUT2D eigenvalue weighted by atomic mass is 10.2. The number of halogens is 1. The maximum Gasteiger partial charge on any atom is 0.213 e. The number of nitrogens with one attached hydrogen (secondary N) is 1. The molecule has 0 saturated heterocycles. The normalized spacial score (nSPS) is 11.4. The number of hydrogen-bond acceptors (Lipinski definition) is 7. The van der Waals surface area contributed by atoms with Crippen molar-refractivity contribution in [3.05, 3.63) is 47.2 Å². The van der Waals surface area contributed by atoms with Crippen molar-refractivity contribution < 1.29 is 13.2 Å². The van der Waals surface area contributed by atoms with E-state index >= 15 is 0 Å². The van der Waals surface area contributed by atoms with Gasteiger partial charge in [-0.1, -0.05) is 29.0 Å². The van der Waals surface area contributed by atoms with Gasteiger partial charge < -0.3 is 10.1 Å². The summed E-state index contributed by atoms with van der Waals surface area (Å²) in [6.07, 6.45) is 2.79. The van der Waals surface area contributed by atoms with Crippen LogP contribution in [0.2, 0.25) is 5.02 Å². The fourth-order valence-corrected chi connectivity index (χ4v) is 4.63. The summed E-state index contributed by atoms with van der Waals surface area (Å²) in [7, 11) is -1.85. The molecule has 1 aromatic carbocycles. The predicted octanol–water partition coefficient (Wildman–Crippen LogP) is 4.32. The number of methoxy groups -OCH3 is 1. The van der Waals surface area contributed by atoms with E-state index in [1.807, 2.05) is 13.0 Å². The van der Waals surface area contributed by atoms with E-state index < -0.39 is 9.84 Å². The van der Waals surface area contributed by atoms with Crippen LogP contribution in [0.5, 0.6) is 5.88 Å². The first-order valence-electron chi connectivity index (χ1n) is 7.52. The number of ether oxygens (including phenoxy) is 1. The molecule has 0 amide bonds. The molecule has 0 aliphatic rings. The van der Waals surface area contributed by atoms with Crippen LogP contribution in [-0.2, 0) is 9.84 Å². The number of anilines is 2. The number of benzene rings is 1. The van der Waals surface area contributed by atoms with Crippen molar-refractivity contribution in [1.82, 2.24) is 9.97 Å². The summed E-state index contributed by atoms with van der Waals surface area (Å²) >= 11 is 7.45. The minimum Gasteiger partial charge on any atom is -0.481 e. The number of aromatic nitrogens is 2. The van der Waals surface area contributed by atoms with E-state index in [4.69, 9.17) is 16.3 Å². The largest absolute Gasteiger partial charge is 0.481 e. The number of sulfone groups is 1. The minimum atomic E-state index is -3.41. The van der Waals surface area contributed by atoms with Crippen LogP contribution in [0.15, 0.2) is 41.4 Å². The standard InChI is InChI=1S/C17H16ClN3O3S2/c1-10-16(11-4-6-13(18)14(8-11)26(3,22)23)25-17(20-10)21-12-5-7-15(24-2)19-9-12/h4-9H,1-3H3,(H,20,21). The first kappa shape index (κ1) is 18.6. The Kier molecular flexibility index (Phi) is 5.17. The maximum atomic E-state index is 11.9.